The number of hydrogen-bond acceptors (Lipinski definition) is 3. The Kier molecular flexibility index (Phi) is 3.73. The number of hydrogen-bond donors (Lipinski definition) is 2. The Balaban J connectivity index is 1.88. The van der Waals surface area contributed by atoms with E-state index < -0.39 is 30.8 Å². The summed E-state index contributed by atoms with van der Waals surface area (Å²) in [5, 5.41) is 13.8. The fourth-order valence-electron chi connectivity index (χ4n) is 1.89. The third kappa shape index (κ3) is 3.01. The number of carbonyl (C=O) groups is 1. The van der Waals surface area contributed by atoms with Gasteiger partial charge in [-0.05, 0) is 11.4 Å². The molecule has 0 aromatic carbocycles. The number of nitrogens with one attached hydrogen (secondary N) is 1. The van der Waals surface area contributed by atoms with Gasteiger partial charge in [0.2, 0.25) is 0 Å². The number of β-amino-alcohol motifs (C(OH)–C–C–N with tert-alkyl or cyclic N) is 1. The van der Waals surface area contributed by atoms with Crippen LogP contribution in [0.5, 0.6) is 0 Å². The number of likely N-dealkylation sites (tertiary alicyclic amines) is 1. The number of amides is 2. The molecule has 8 heteroatoms. The SMILES string of the molecule is O=C(NCc1cccs1)N1CCC(O)(C(F)(F)F)C1. The van der Waals surface area contributed by atoms with E-state index in [-0.39, 0.29) is 13.1 Å². The largest absolute Gasteiger partial charge is 0.419 e. The fourth-order valence-corrected chi connectivity index (χ4v) is 2.53. The maximum atomic E-state index is 12.6. The van der Waals surface area contributed by atoms with E-state index in [4.69, 9.17) is 0 Å². The average molecular weight is 294 g/mol. The lowest BCUT2D eigenvalue weighted by atomic mass is 10.0. The number of thiophene rings is 1. The van der Waals surface area contributed by atoms with Crippen LogP contribution in [-0.4, -0.2) is 40.9 Å². The number of carbonyl (C=O) groups excluding carboxylic acids is 1. The first kappa shape index (κ1) is 14.1. The molecule has 1 saturated heterocycles. The zero-order valence-electron chi connectivity index (χ0n) is 9.91. The second-order valence-corrected chi connectivity index (χ2v) is 5.47. The normalized spacial score (nSPS) is 23.7. The second-order valence-electron chi connectivity index (χ2n) is 4.44. The van der Waals surface area contributed by atoms with Gasteiger partial charge >= 0.3 is 12.2 Å². The fraction of sp³-hybridized carbons (Fsp3) is 0.545. The van der Waals surface area contributed by atoms with Crippen LogP contribution >= 0.6 is 11.3 Å². The number of halogens is 3. The quantitative estimate of drug-likeness (QED) is 0.876. The number of rotatable bonds is 2. The molecule has 0 aliphatic carbocycles. The summed E-state index contributed by atoms with van der Waals surface area (Å²) in [6.45, 7) is -0.545. The highest BCUT2D eigenvalue weighted by atomic mass is 32.1. The molecular formula is C11H13F3N2O2S. The zero-order valence-corrected chi connectivity index (χ0v) is 10.7. The molecule has 2 rings (SSSR count). The van der Waals surface area contributed by atoms with Gasteiger partial charge in [0.25, 0.3) is 0 Å². The highest BCUT2D eigenvalue weighted by Crippen LogP contribution is 2.37. The number of nitrogens with zero attached hydrogens (tertiary/aromatic N) is 1. The van der Waals surface area contributed by atoms with E-state index in [1.165, 1.54) is 11.3 Å². The van der Waals surface area contributed by atoms with Crippen LogP contribution in [0, 0.1) is 0 Å². The van der Waals surface area contributed by atoms with Crippen LogP contribution in [0.4, 0.5) is 18.0 Å². The second kappa shape index (κ2) is 5.01. The highest BCUT2D eigenvalue weighted by Gasteiger charge is 2.57. The van der Waals surface area contributed by atoms with Crippen molar-refractivity contribution in [1.29, 1.82) is 0 Å². The van der Waals surface area contributed by atoms with Crippen LogP contribution in [-0.2, 0) is 6.54 Å². The Bertz CT molecular complexity index is 449. The van der Waals surface area contributed by atoms with Crippen LogP contribution in [0.15, 0.2) is 17.5 Å². The van der Waals surface area contributed by atoms with Gasteiger partial charge in [0.15, 0.2) is 5.60 Å². The number of urea groups is 1. The first-order chi connectivity index (χ1) is 8.82. The monoisotopic (exact) mass is 294 g/mol. The van der Waals surface area contributed by atoms with Gasteiger partial charge in [0.1, 0.15) is 0 Å². The lowest BCUT2D eigenvalue weighted by molar-refractivity contribution is -0.253. The van der Waals surface area contributed by atoms with Gasteiger partial charge in [0.05, 0.1) is 13.1 Å². The van der Waals surface area contributed by atoms with Gasteiger partial charge in [-0.15, -0.1) is 11.3 Å². The van der Waals surface area contributed by atoms with Crippen molar-refractivity contribution in [1.82, 2.24) is 10.2 Å². The minimum absolute atomic E-state index is 0.105. The summed E-state index contributed by atoms with van der Waals surface area (Å²) >= 11 is 1.45. The van der Waals surface area contributed by atoms with Gasteiger partial charge < -0.3 is 15.3 Å². The minimum atomic E-state index is -4.71. The molecule has 19 heavy (non-hydrogen) atoms. The van der Waals surface area contributed by atoms with Crippen molar-refractivity contribution in [3.8, 4) is 0 Å². The first-order valence-corrected chi connectivity index (χ1v) is 6.54. The molecule has 0 bridgehead atoms. The van der Waals surface area contributed by atoms with Crippen molar-refractivity contribution >= 4 is 17.4 Å². The predicted molar refractivity (Wildman–Crippen MR) is 63.7 cm³/mol. The van der Waals surface area contributed by atoms with Crippen molar-refractivity contribution in [2.24, 2.45) is 0 Å². The van der Waals surface area contributed by atoms with E-state index in [1.54, 1.807) is 0 Å². The molecule has 2 heterocycles. The van der Waals surface area contributed by atoms with E-state index in [0.29, 0.717) is 0 Å². The van der Waals surface area contributed by atoms with Crippen molar-refractivity contribution in [3.05, 3.63) is 22.4 Å². The lowest BCUT2D eigenvalue weighted by Crippen LogP contribution is -2.49. The molecular weight excluding hydrogens is 281 g/mol. The molecule has 1 aromatic heterocycles. The maximum Gasteiger partial charge on any atom is 0.419 e. The summed E-state index contributed by atoms with van der Waals surface area (Å²) in [6, 6.07) is 3.05. The van der Waals surface area contributed by atoms with Crippen molar-refractivity contribution < 1.29 is 23.1 Å². The lowest BCUT2D eigenvalue weighted by Gasteiger charge is -2.25. The average Bonchev–Trinajstić information content (AvgIpc) is 2.94. The van der Waals surface area contributed by atoms with Crippen molar-refractivity contribution in [2.45, 2.75) is 24.7 Å². The summed E-state index contributed by atoms with van der Waals surface area (Å²) in [5.74, 6) is 0. The summed E-state index contributed by atoms with van der Waals surface area (Å²) < 4.78 is 37.8. The van der Waals surface area contributed by atoms with Crippen LogP contribution in [0.2, 0.25) is 0 Å². The van der Waals surface area contributed by atoms with Crippen LogP contribution < -0.4 is 5.32 Å². The van der Waals surface area contributed by atoms with Gasteiger partial charge in [-0.2, -0.15) is 13.2 Å². The van der Waals surface area contributed by atoms with E-state index in [0.717, 1.165) is 9.78 Å². The Hall–Kier alpha value is -1.28. The molecule has 2 N–H and O–H groups in total. The molecule has 106 valence electrons. The smallest absolute Gasteiger partial charge is 0.379 e. The highest BCUT2D eigenvalue weighted by molar-refractivity contribution is 7.09. The molecule has 0 spiro atoms. The Labute approximate surface area is 111 Å². The third-order valence-electron chi connectivity index (χ3n) is 3.06. The first-order valence-electron chi connectivity index (χ1n) is 5.66. The van der Waals surface area contributed by atoms with E-state index in [9.17, 15) is 23.1 Å². The molecule has 4 nitrogen and oxygen atoms in total. The molecule has 1 atom stereocenters. The molecule has 0 radical (unpaired) electrons. The molecule has 1 aliphatic heterocycles. The van der Waals surface area contributed by atoms with Crippen molar-refractivity contribution in [3.63, 3.8) is 0 Å². The maximum absolute atomic E-state index is 12.6. The zero-order chi connectivity index (χ0) is 14.1. The van der Waals surface area contributed by atoms with Gasteiger partial charge in [0, 0.05) is 17.8 Å². The summed E-state index contributed by atoms with van der Waals surface area (Å²) in [5.41, 5.74) is -2.78. The van der Waals surface area contributed by atoms with Crippen LogP contribution in [0.1, 0.15) is 11.3 Å². The van der Waals surface area contributed by atoms with Gasteiger partial charge in [-0.25, -0.2) is 4.79 Å². The summed E-state index contributed by atoms with van der Waals surface area (Å²) in [7, 11) is 0. The molecule has 1 unspecified atom stereocenters. The molecule has 1 aliphatic rings. The minimum Gasteiger partial charge on any atom is -0.379 e. The van der Waals surface area contributed by atoms with Crippen LogP contribution in [0.25, 0.3) is 0 Å². The Morgan fingerprint density at radius 3 is 2.84 bits per heavy atom. The number of aliphatic hydroxyl groups is 1. The standard InChI is InChI=1S/C11H13F3N2O2S/c12-11(13,14)10(18)3-4-16(7-10)9(17)15-6-8-2-1-5-19-8/h1-2,5,18H,3-4,6-7H2,(H,15,17). The Morgan fingerprint density at radius 1 is 1.58 bits per heavy atom. The third-order valence-corrected chi connectivity index (χ3v) is 3.93. The summed E-state index contributed by atoms with van der Waals surface area (Å²) in [6.07, 6.45) is -5.20. The molecule has 0 saturated carbocycles. The Morgan fingerprint density at radius 2 is 2.32 bits per heavy atom. The van der Waals surface area contributed by atoms with E-state index in [1.807, 2.05) is 17.5 Å². The summed E-state index contributed by atoms with van der Waals surface area (Å²) in [4.78, 5) is 13.6. The topological polar surface area (TPSA) is 52.6 Å². The van der Waals surface area contributed by atoms with Crippen LogP contribution in [0.3, 0.4) is 0 Å². The molecule has 1 aromatic rings. The van der Waals surface area contributed by atoms with Gasteiger partial charge in [-0.3, -0.25) is 0 Å². The molecule has 2 amide bonds. The van der Waals surface area contributed by atoms with E-state index in [2.05, 4.69) is 5.32 Å². The predicted octanol–water partition coefficient (Wildman–Crippen LogP) is 1.96. The molecule has 1 fully saturated rings. The van der Waals surface area contributed by atoms with E-state index >= 15 is 0 Å². The van der Waals surface area contributed by atoms with Gasteiger partial charge in [-0.1, -0.05) is 6.07 Å². The number of alkyl halides is 3. The van der Waals surface area contributed by atoms with Crippen molar-refractivity contribution in [2.75, 3.05) is 13.1 Å².